The number of rotatable bonds is 10. The zero-order valence-corrected chi connectivity index (χ0v) is 15.5. The Hall–Kier alpha value is -1.96. The zero-order chi connectivity index (χ0) is 19.4. The quantitative estimate of drug-likeness (QED) is 0.374. The standard InChI is InChI=1S/C18H28F3N3O2/c1-14(2)8-10-25-11-9-23-17(22-3)24-12-15-4-6-16(7-5-15)26-13-18(19,20)21/h4-7,14H,8-13H2,1-3H3,(H2,22,23,24). The first-order valence-corrected chi connectivity index (χ1v) is 8.61. The molecular formula is C18H28F3N3O2. The Morgan fingerprint density at radius 1 is 1.12 bits per heavy atom. The fourth-order valence-corrected chi connectivity index (χ4v) is 1.94. The molecule has 0 unspecified atom stereocenters. The van der Waals surface area contributed by atoms with E-state index in [4.69, 9.17) is 4.74 Å². The van der Waals surface area contributed by atoms with Crippen LogP contribution in [-0.2, 0) is 11.3 Å². The first kappa shape index (κ1) is 22.1. The summed E-state index contributed by atoms with van der Waals surface area (Å²) in [5.41, 5.74) is 0.903. The molecule has 2 N–H and O–H groups in total. The number of benzene rings is 1. The lowest BCUT2D eigenvalue weighted by atomic mass is 10.1. The Kier molecular flexibility index (Phi) is 9.87. The second-order valence-electron chi connectivity index (χ2n) is 6.20. The molecule has 5 nitrogen and oxygen atoms in total. The number of hydrogen-bond donors (Lipinski definition) is 2. The Labute approximate surface area is 153 Å². The number of guanidine groups is 1. The van der Waals surface area contributed by atoms with E-state index >= 15 is 0 Å². The van der Waals surface area contributed by atoms with Crippen LogP contribution in [0, 0.1) is 5.92 Å². The van der Waals surface area contributed by atoms with Crippen LogP contribution in [0.2, 0.25) is 0 Å². The summed E-state index contributed by atoms with van der Waals surface area (Å²) in [6.07, 6.45) is -3.30. The largest absolute Gasteiger partial charge is 0.484 e. The average molecular weight is 375 g/mol. The molecule has 1 aromatic rings. The van der Waals surface area contributed by atoms with Gasteiger partial charge in [-0.3, -0.25) is 4.99 Å². The summed E-state index contributed by atoms with van der Waals surface area (Å²) in [5.74, 6) is 1.45. The highest BCUT2D eigenvalue weighted by atomic mass is 19.4. The maximum absolute atomic E-state index is 12.1. The third kappa shape index (κ3) is 10.8. The minimum atomic E-state index is -4.34. The lowest BCUT2D eigenvalue weighted by molar-refractivity contribution is -0.153. The van der Waals surface area contributed by atoms with Gasteiger partial charge in [0.25, 0.3) is 0 Å². The molecular weight excluding hydrogens is 347 g/mol. The molecule has 0 spiro atoms. The van der Waals surface area contributed by atoms with Gasteiger partial charge in [-0.05, 0) is 30.0 Å². The molecule has 0 bridgehead atoms. The first-order valence-electron chi connectivity index (χ1n) is 8.61. The molecule has 0 aliphatic heterocycles. The van der Waals surface area contributed by atoms with Gasteiger partial charge in [-0.2, -0.15) is 13.2 Å². The van der Waals surface area contributed by atoms with Crippen LogP contribution in [0.15, 0.2) is 29.3 Å². The molecule has 0 aliphatic carbocycles. The molecule has 0 aromatic heterocycles. The van der Waals surface area contributed by atoms with Crippen molar-refractivity contribution in [3.63, 3.8) is 0 Å². The summed E-state index contributed by atoms with van der Waals surface area (Å²) < 4.78 is 46.5. The normalized spacial score (nSPS) is 12.3. The zero-order valence-electron chi connectivity index (χ0n) is 15.5. The van der Waals surface area contributed by atoms with E-state index in [9.17, 15) is 13.2 Å². The van der Waals surface area contributed by atoms with Crippen molar-refractivity contribution in [1.29, 1.82) is 0 Å². The van der Waals surface area contributed by atoms with E-state index < -0.39 is 12.8 Å². The van der Waals surface area contributed by atoms with E-state index in [1.807, 2.05) is 0 Å². The SMILES string of the molecule is CN=C(NCCOCCC(C)C)NCc1ccc(OCC(F)(F)F)cc1. The summed E-state index contributed by atoms with van der Waals surface area (Å²) in [4.78, 5) is 4.11. The van der Waals surface area contributed by atoms with Gasteiger partial charge in [-0.1, -0.05) is 26.0 Å². The Morgan fingerprint density at radius 2 is 1.81 bits per heavy atom. The van der Waals surface area contributed by atoms with E-state index in [0.29, 0.717) is 31.6 Å². The van der Waals surface area contributed by atoms with Crippen molar-refractivity contribution >= 4 is 5.96 Å². The molecule has 0 atom stereocenters. The van der Waals surface area contributed by atoms with Crippen molar-refractivity contribution in [2.75, 3.05) is 33.4 Å². The van der Waals surface area contributed by atoms with Crippen LogP contribution in [0.25, 0.3) is 0 Å². The highest BCUT2D eigenvalue weighted by molar-refractivity contribution is 5.79. The lowest BCUT2D eigenvalue weighted by Gasteiger charge is -2.13. The fraction of sp³-hybridized carbons (Fsp3) is 0.611. The van der Waals surface area contributed by atoms with Crippen molar-refractivity contribution in [2.45, 2.75) is 33.0 Å². The van der Waals surface area contributed by atoms with Crippen LogP contribution < -0.4 is 15.4 Å². The second-order valence-corrected chi connectivity index (χ2v) is 6.20. The summed E-state index contributed by atoms with van der Waals surface area (Å²) in [6, 6.07) is 6.45. The maximum atomic E-state index is 12.1. The highest BCUT2D eigenvalue weighted by Gasteiger charge is 2.28. The van der Waals surface area contributed by atoms with Gasteiger partial charge >= 0.3 is 6.18 Å². The van der Waals surface area contributed by atoms with Crippen molar-refractivity contribution in [1.82, 2.24) is 10.6 Å². The third-order valence-corrected chi connectivity index (χ3v) is 3.39. The molecule has 0 aliphatic rings. The predicted molar refractivity (Wildman–Crippen MR) is 96.5 cm³/mol. The summed E-state index contributed by atoms with van der Waals surface area (Å²) in [6.45, 7) is 5.49. The van der Waals surface area contributed by atoms with Crippen LogP contribution in [-0.4, -0.2) is 45.5 Å². The number of halogens is 3. The number of aliphatic imine (C=N–C) groups is 1. The van der Waals surface area contributed by atoms with Gasteiger partial charge in [-0.15, -0.1) is 0 Å². The molecule has 8 heteroatoms. The van der Waals surface area contributed by atoms with Crippen LogP contribution >= 0.6 is 0 Å². The molecule has 0 amide bonds. The number of alkyl halides is 3. The minimum absolute atomic E-state index is 0.187. The second kappa shape index (κ2) is 11.6. The molecule has 148 valence electrons. The smallest absolute Gasteiger partial charge is 0.422 e. The molecule has 0 fully saturated rings. The minimum Gasteiger partial charge on any atom is -0.484 e. The first-order chi connectivity index (χ1) is 12.3. The Morgan fingerprint density at radius 3 is 2.38 bits per heavy atom. The van der Waals surface area contributed by atoms with Crippen LogP contribution in [0.5, 0.6) is 5.75 Å². The van der Waals surface area contributed by atoms with Gasteiger partial charge in [0.15, 0.2) is 12.6 Å². The summed E-state index contributed by atoms with van der Waals surface area (Å²) in [5, 5.41) is 6.27. The fourth-order valence-electron chi connectivity index (χ4n) is 1.94. The van der Waals surface area contributed by atoms with Crippen LogP contribution in [0.1, 0.15) is 25.8 Å². The lowest BCUT2D eigenvalue weighted by Crippen LogP contribution is -2.38. The van der Waals surface area contributed by atoms with Gasteiger partial charge in [0.05, 0.1) is 6.61 Å². The third-order valence-electron chi connectivity index (χ3n) is 3.39. The van der Waals surface area contributed by atoms with Gasteiger partial charge in [-0.25, -0.2) is 0 Å². The summed E-state index contributed by atoms with van der Waals surface area (Å²) in [7, 11) is 1.67. The molecule has 0 radical (unpaired) electrons. The van der Waals surface area contributed by atoms with E-state index in [-0.39, 0.29) is 5.75 Å². The van der Waals surface area contributed by atoms with Crippen molar-refractivity contribution in [3.05, 3.63) is 29.8 Å². The van der Waals surface area contributed by atoms with E-state index in [0.717, 1.165) is 18.6 Å². The van der Waals surface area contributed by atoms with Crippen molar-refractivity contribution in [3.8, 4) is 5.75 Å². The molecule has 0 saturated heterocycles. The predicted octanol–water partition coefficient (Wildman–Crippen LogP) is 3.36. The number of hydrogen-bond acceptors (Lipinski definition) is 3. The Balaban J connectivity index is 2.26. The van der Waals surface area contributed by atoms with E-state index in [2.05, 4.69) is 34.2 Å². The van der Waals surface area contributed by atoms with E-state index in [1.54, 1.807) is 19.2 Å². The van der Waals surface area contributed by atoms with Gasteiger partial charge in [0, 0.05) is 26.7 Å². The molecule has 0 saturated carbocycles. The average Bonchev–Trinajstić information content (AvgIpc) is 2.58. The van der Waals surface area contributed by atoms with Crippen molar-refractivity contribution in [2.24, 2.45) is 10.9 Å². The Bertz CT molecular complexity index is 531. The van der Waals surface area contributed by atoms with Crippen LogP contribution in [0.3, 0.4) is 0 Å². The molecule has 26 heavy (non-hydrogen) atoms. The summed E-state index contributed by atoms with van der Waals surface area (Å²) >= 11 is 0. The number of nitrogens with one attached hydrogen (secondary N) is 2. The number of ether oxygens (including phenoxy) is 2. The maximum Gasteiger partial charge on any atom is 0.422 e. The molecule has 0 heterocycles. The number of nitrogens with zero attached hydrogens (tertiary/aromatic N) is 1. The molecule has 1 rings (SSSR count). The van der Waals surface area contributed by atoms with E-state index in [1.165, 1.54) is 12.1 Å². The van der Waals surface area contributed by atoms with Crippen molar-refractivity contribution < 1.29 is 22.6 Å². The van der Waals surface area contributed by atoms with Crippen LogP contribution in [0.4, 0.5) is 13.2 Å². The molecule has 1 aromatic carbocycles. The van der Waals surface area contributed by atoms with Gasteiger partial charge in [0.1, 0.15) is 5.75 Å². The topological polar surface area (TPSA) is 54.9 Å². The van der Waals surface area contributed by atoms with Gasteiger partial charge < -0.3 is 20.1 Å². The monoisotopic (exact) mass is 375 g/mol. The highest BCUT2D eigenvalue weighted by Crippen LogP contribution is 2.18. The van der Waals surface area contributed by atoms with Gasteiger partial charge in [0.2, 0.25) is 0 Å².